The van der Waals surface area contributed by atoms with Crippen LogP contribution in [0.1, 0.15) is 12.5 Å². The van der Waals surface area contributed by atoms with E-state index in [0.29, 0.717) is 0 Å². The van der Waals surface area contributed by atoms with Crippen LogP contribution in [-0.4, -0.2) is 0 Å². The fourth-order valence-corrected chi connectivity index (χ4v) is 2.11. The van der Waals surface area contributed by atoms with Crippen molar-refractivity contribution in [1.82, 2.24) is 0 Å². The summed E-state index contributed by atoms with van der Waals surface area (Å²) in [5.41, 5.74) is 3.12. The molecule has 1 aromatic carbocycles. The zero-order valence-corrected chi connectivity index (χ0v) is 8.77. The maximum Gasteiger partial charge on any atom is 0.124 e. The third-order valence-corrected chi connectivity index (χ3v) is 2.90. The Balaban J connectivity index is 2.48. The van der Waals surface area contributed by atoms with E-state index in [4.69, 9.17) is 0 Å². The second-order valence-electron chi connectivity index (χ2n) is 3.21. The Labute approximate surface area is 87.0 Å². The molecule has 0 bridgehead atoms. The van der Waals surface area contributed by atoms with E-state index in [1.807, 2.05) is 29.8 Å². The van der Waals surface area contributed by atoms with Gasteiger partial charge in [-0.15, -0.1) is 0 Å². The van der Waals surface area contributed by atoms with E-state index in [0.717, 1.165) is 23.1 Å². The summed E-state index contributed by atoms with van der Waals surface area (Å²) in [5, 5.41) is 4.04. The first-order valence-electron chi connectivity index (χ1n) is 4.61. The van der Waals surface area contributed by atoms with Gasteiger partial charge >= 0.3 is 0 Å². The van der Waals surface area contributed by atoms with E-state index in [2.05, 4.69) is 0 Å². The number of hydrogen-bond acceptors (Lipinski definition) is 1. The van der Waals surface area contributed by atoms with Gasteiger partial charge in [-0.05, 0) is 52.1 Å². The second kappa shape index (κ2) is 3.93. The van der Waals surface area contributed by atoms with Gasteiger partial charge in [0.15, 0.2) is 0 Å². The molecule has 0 amide bonds. The van der Waals surface area contributed by atoms with Gasteiger partial charge in [0.25, 0.3) is 0 Å². The van der Waals surface area contributed by atoms with E-state index < -0.39 is 0 Å². The Morgan fingerprint density at radius 1 is 1.21 bits per heavy atom. The second-order valence-corrected chi connectivity index (χ2v) is 3.99. The molecule has 72 valence electrons. The van der Waals surface area contributed by atoms with Crippen molar-refractivity contribution >= 4 is 11.3 Å². The highest BCUT2D eigenvalue weighted by Gasteiger charge is 2.02. The molecule has 14 heavy (non-hydrogen) atoms. The van der Waals surface area contributed by atoms with Crippen LogP contribution in [0, 0.1) is 5.82 Å². The minimum absolute atomic E-state index is 0.148. The van der Waals surface area contributed by atoms with Gasteiger partial charge in [-0.3, -0.25) is 0 Å². The molecule has 2 heteroatoms. The highest BCUT2D eigenvalue weighted by atomic mass is 32.1. The van der Waals surface area contributed by atoms with E-state index >= 15 is 0 Å². The van der Waals surface area contributed by atoms with Crippen molar-refractivity contribution in [1.29, 1.82) is 0 Å². The molecule has 1 heterocycles. The molecular weight excluding hydrogens is 195 g/mol. The molecule has 0 aliphatic carbocycles. The van der Waals surface area contributed by atoms with Crippen molar-refractivity contribution in [3.05, 3.63) is 46.4 Å². The van der Waals surface area contributed by atoms with Crippen LogP contribution < -0.4 is 0 Å². The van der Waals surface area contributed by atoms with Crippen LogP contribution >= 0.6 is 11.3 Å². The van der Waals surface area contributed by atoms with Crippen molar-refractivity contribution in [3.63, 3.8) is 0 Å². The zero-order chi connectivity index (χ0) is 9.97. The van der Waals surface area contributed by atoms with Crippen LogP contribution in [-0.2, 0) is 6.42 Å². The third-order valence-electron chi connectivity index (χ3n) is 2.22. The lowest BCUT2D eigenvalue weighted by atomic mass is 10.0. The minimum atomic E-state index is -0.148. The summed E-state index contributed by atoms with van der Waals surface area (Å²) in [7, 11) is 0. The first-order chi connectivity index (χ1) is 6.79. The third kappa shape index (κ3) is 1.85. The van der Waals surface area contributed by atoms with Gasteiger partial charge in [0, 0.05) is 0 Å². The van der Waals surface area contributed by atoms with Crippen molar-refractivity contribution in [2.45, 2.75) is 13.3 Å². The predicted molar refractivity (Wildman–Crippen MR) is 59.1 cm³/mol. The van der Waals surface area contributed by atoms with Crippen LogP contribution in [0.2, 0.25) is 0 Å². The van der Waals surface area contributed by atoms with Crippen LogP contribution in [0.15, 0.2) is 35.0 Å². The van der Waals surface area contributed by atoms with Gasteiger partial charge in [0.05, 0.1) is 0 Å². The highest BCUT2D eigenvalue weighted by molar-refractivity contribution is 7.08. The Morgan fingerprint density at radius 3 is 2.71 bits per heavy atom. The number of rotatable bonds is 2. The van der Waals surface area contributed by atoms with Gasteiger partial charge in [0.2, 0.25) is 0 Å². The molecule has 0 N–H and O–H groups in total. The van der Waals surface area contributed by atoms with E-state index in [1.165, 1.54) is 0 Å². The SMILES string of the molecule is CCc1cc(F)cc(-c2ccsc2)c1. The van der Waals surface area contributed by atoms with Gasteiger partial charge in [-0.25, -0.2) is 4.39 Å². The normalized spacial score (nSPS) is 10.4. The summed E-state index contributed by atoms with van der Waals surface area (Å²) in [4.78, 5) is 0. The molecule has 0 nitrogen and oxygen atoms in total. The summed E-state index contributed by atoms with van der Waals surface area (Å²) < 4.78 is 13.2. The molecular formula is C12H11FS. The molecule has 0 radical (unpaired) electrons. The van der Waals surface area contributed by atoms with Gasteiger partial charge < -0.3 is 0 Å². The lowest BCUT2D eigenvalue weighted by Crippen LogP contribution is -1.85. The maximum absolute atomic E-state index is 13.2. The average Bonchev–Trinajstić information content (AvgIpc) is 2.69. The molecule has 0 saturated heterocycles. The standard InChI is InChI=1S/C12H11FS/c1-2-9-5-11(7-12(13)6-9)10-3-4-14-8-10/h3-8H,2H2,1H3. The quantitative estimate of drug-likeness (QED) is 0.693. The molecule has 0 spiro atoms. The van der Waals surface area contributed by atoms with Crippen molar-refractivity contribution < 1.29 is 4.39 Å². The van der Waals surface area contributed by atoms with Crippen LogP contribution in [0.25, 0.3) is 11.1 Å². The number of aryl methyl sites for hydroxylation is 1. The molecule has 0 atom stereocenters. The van der Waals surface area contributed by atoms with E-state index in [9.17, 15) is 4.39 Å². The number of hydrogen-bond donors (Lipinski definition) is 0. The summed E-state index contributed by atoms with van der Waals surface area (Å²) in [5.74, 6) is -0.148. The predicted octanol–water partition coefficient (Wildman–Crippen LogP) is 4.12. The number of thiophene rings is 1. The fraction of sp³-hybridized carbons (Fsp3) is 0.167. The smallest absolute Gasteiger partial charge is 0.124 e. The van der Waals surface area contributed by atoms with Crippen molar-refractivity contribution in [3.8, 4) is 11.1 Å². The fourth-order valence-electron chi connectivity index (χ4n) is 1.45. The average molecular weight is 206 g/mol. The minimum Gasteiger partial charge on any atom is -0.207 e. The van der Waals surface area contributed by atoms with Gasteiger partial charge in [0.1, 0.15) is 5.82 Å². The van der Waals surface area contributed by atoms with E-state index in [1.54, 1.807) is 23.5 Å². The molecule has 2 aromatic rings. The van der Waals surface area contributed by atoms with Crippen LogP contribution in [0.3, 0.4) is 0 Å². The summed E-state index contributed by atoms with van der Waals surface area (Å²) in [6.07, 6.45) is 0.870. The first kappa shape index (κ1) is 9.41. The van der Waals surface area contributed by atoms with Crippen LogP contribution in [0.5, 0.6) is 0 Å². The summed E-state index contributed by atoms with van der Waals surface area (Å²) in [6.45, 7) is 2.03. The zero-order valence-electron chi connectivity index (χ0n) is 7.96. The molecule has 0 aliphatic rings. The van der Waals surface area contributed by atoms with Crippen molar-refractivity contribution in [2.75, 3.05) is 0 Å². The van der Waals surface area contributed by atoms with Gasteiger partial charge in [-0.1, -0.05) is 13.0 Å². The molecule has 2 rings (SSSR count). The Kier molecular flexibility index (Phi) is 2.64. The largest absolute Gasteiger partial charge is 0.207 e. The monoisotopic (exact) mass is 206 g/mol. The molecule has 1 aromatic heterocycles. The maximum atomic E-state index is 13.2. The summed E-state index contributed by atoms with van der Waals surface area (Å²) in [6, 6.07) is 7.24. The highest BCUT2D eigenvalue weighted by Crippen LogP contribution is 2.24. The number of benzene rings is 1. The lowest BCUT2D eigenvalue weighted by molar-refractivity contribution is 0.626. The van der Waals surface area contributed by atoms with Crippen molar-refractivity contribution in [2.24, 2.45) is 0 Å². The molecule has 0 aliphatic heterocycles. The Morgan fingerprint density at radius 2 is 2.07 bits per heavy atom. The number of halogens is 1. The van der Waals surface area contributed by atoms with Crippen LogP contribution in [0.4, 0.5) is 4.39 Å². The topological polar surface area (TPSA) is 0 Å². The van der Waals surface area contributed by atoms with Gasteiger partial charge in [-0.2, -0.15) is 11.3 Å². The lowest BCUT2D eigenvalue weighted by Gasteiger charge is -2.02. The summed E-state index contributed by atoms with van der Waals surface area (Å²) >= 11 is 1.63. The Hall–Kier alpha value is -1.15. The molecule has 0 unspecified atom stereocenters. The molecule has 0 fully saturated rings. The Bertz CT molecular complexity index is 418. The first-order valence-corrected chi connectivity index (χ1v) is 5.56. The van der Waals surface area contributed by atoms with E-state index in [-0.39, 0.29) is 5.82 Å². The molecule has 0 saturated carbocycles.